The molecule has 0 amide bonds. The summed E-state index contributed by atoms with van der Waals surface area (Å²) in [4.78, 5) is 11.5. The number of ether oxygens (including phenoxy) is 1. The van der Waals surface area contributed by atoms with E-state index in [-0.39, 0.29) is 12.6 Å². The van der Waals surface area contributed by atoms with Crippen molar-refractivity contribution in [1.82, 2.24) is 0 Å². The highest BCUT2D eigenvalue weighted by atomic mass is 31.2. The molecule has 4 heteroatoms. The summed E-state index contributed by atoms with van der Waals surface area (Å²) in [6.07, 6.45) is 1.49. The van der Waals surface area contributed by atoms with Gasteiger partial charge in [0.15, 0.2) is 0 Å². The van der Waals surface area contributed by atoms with Crippen LogP contribution in [0.4, 0.5) is 0 Å². The summed E-state index contributed by atoms with van der Waals surface area (Å²) in [6, 6.07) is 18.8. The average Bonchev–Trinajstić information content (AvgIpc) is 2.56. The lowest BCUT2D eigenvalue weighted by Crippen LogP contribution is -2.21. The Hall–Kier alpha value is -1.86. The summed E-state index contributed by atoms with van der Waals surface area (Å²) in [5.41, 5.74) is 0. The first-order valence-electron chi connectivity index (χ1n) is 7.52. The van der Waals surface area contributed by atoms with E-state index in [1.807, 2.05) is 67.6 Å². The fourth-order valence-corrected chi connectivity index (χ4v) is 4.78. The zero-order chi connectivity index (χ0) is 15.8. The lowest BCUT2D eigenvalue weighted by Gasteiger charge is -2.19. The second-order valence-corrected chi connectivity index (χ2v) is 8.06. The molecule has 3 nitrogen and oxygen atoms in total. The van der Waals surface area contributed by atoms with Crippen LogP contribution in [0.5, 0.6) is 0 Å². The summed E-state index contributed by atoms with van der Waals surface area (Å²) in [5, 5.41) is 1.60. The van der Waals surface area contributed by atoms with Gasteiger partial charge in [-0.05, 0) is 6.42 Å². The van der Waals surface area contributed by atoms with Crippen LogP contribution in [0.25, 0.3) is 0 Å². The van der Waals surface area contributed by atoms with E-state index in [0.29, 0.717) is 12.6 Å². The zero-order valence-electron chi connectivity index (χ0n) is 12.8. The molecule has 0 aliphatic rings. The molecule has 0 aromatic heterocycles. The molecule has 2 rings (SSSR count). The van der Waals surface area contributed by atoms with Crippen molar-refractivity contribution in [2.75, 3.05) is 12.8 Å². The Balaban J connectivity index is 2.20. The van der Waals surface area contributed by atoms with E-state index < -0.39 is 7.14 Å². The Kier molecular flexibility index (Phi) is 5.97. The van der Waals surface area contributed by atoms with Crippen LogP contribution in [0.15, 0.2) is 60.7 Å². The average molecular weight is 316 g/mol. The van der Waals surface area contributed by atoms with Crippen molar-refractivity contribution in [2.24, 2.45) is 0 Å². The Morgan fingerprint density at radius 1 is 0.955 bits per heavy atom. The number of hydrogen-bond acceptors (Lipinski definition) is 3. The SMILES string of the molecule is CCCC(=O)OCCP(=O)(c1ccccc1)c1ccccc1. The molecular weight excluding hydrogens is 295 g/mol. The van der Waals surface area contributed by atoms with E-state index in [2.05, 4.69) is 0 Å². The van der Waals surface area contributed by atoms with Crippen LogP contribution in [0.1, 0.15) is 19.8 Å². The minimum atomic E-state index is -2.78. The third kappa shape index (κ3) is 4.08. The molecule has 2 aromatic rings. The fraction of sp³-hybridized carbons (Fsp3) is 0.278. The molecule has 22 heavy (non-hydrogen) atoms. The number of carbonyl (C=O) groups excluding carboxylic acids is 1. The molecule has 0 fully saturated rings. The Morgan fingerprint density at radius 2 is 1.45 bits per heavy atom. The molecule has 0 saturated carbocycles. The third-order valence-corrected chi connectivity index (χ3v) is 6.55. The van der Waals surface area contributed by atoms with Crippen molar-refractivity contribution >= 4 is 23.7 Å². The molecule has 0 radical (unpaired) electrons. The summed E-state index contributed by atoms with van der Waals surface area (Å²) in [6.45, 7) is 2.11. The maximum absolute atomic E-state index is 13.6. The van der Waals surface area contributed by atoms with Gasteiger partial charge in [-0.25, -0.2) is 0 Å². The number of rotatable bonds is 7. The van der Waals surface area contributed by atoms with Gasteiger partial charge in [-0.1, -0.05) is 67.6 Å². The van der Waals surface area contributed by atoms with E-state index in [1.165, 1.54) is 0 Å². The quantitative estimate of drug-likeness (QED) is 0.581. The molecule has 0 saturated heterocycles. The second kappa shape index (κ2) is 7.95. The van der Waals surface area contributed by atoms with Gasteiger partial charge in [0, 0.05) is 23.2 Å². The Morgan fingerprint density at radius 3 is 1.91 bits per heavy atom. The lowest BCUT2D eigenvalue weighted by atomic mass is 10.3. The Labute approximate surface area is 131 Å². The maximum atomic E-state index is 13.6. The highest BCUT2D eigenvalue weighted by molar-refractivity contribution is 7.78. The van der Waals surface area contributed by atoms with Crippen LogP contribution in [0, 0.1) is 0 Å². The normalized spacial score (nSPS) is 11.1. The fourth-order valence-electron chi connectivity index (χ4n) is 2.31. The molecule has 0 spiro atoms. The molecule has 116 valence electrons. The van der Waals surface area contributed by atoms with Gasteiger partial charge >= 0.3 is 5.97 Å². The second-order valence-electron chi connectivity index (χ2n) is 5.10. The van der Waals surface area contributed by atoms with Crippen molar-refractivity contribution in [3.63, 3.8) is 0 Å². The van der Waals surface area contributed by atoms with Crippen LogP contribution in [-0.2, 0) is 14.1 Å². The van der Waals surface area contributed by atoms with Crippen molar-refractivity contribution in [1.29, 1.82) is 0 Å². The maximum Gasteiger partial charge on any atom is 0.305 e. The summed E-state index contributed by atoms with van der Waals surface area (Å²) < 4.78 is 18.8. The molecule has 0 aliphatic carbocycles. The molecule has 0 unspecified atom stereocenters. The molecule has 0 bridgehead atoms. The number of esters is 1. The highest BCUT2D eigenvalue weighted by Crippen LogP contribution is 2.42. The topological polar surface area (TPSA) is 43.4 Å². The van der Waals surface area contributed by atoms with Crippen LogP contribution < -0.4 is 10.6 Å². The number of carbonyl (C=O) groups is 1. The summed E-state index contributed by atoms with van der Waals surface area (Å²) in [7, 11) is -2.78. The smallest absolute Gasteiger partial charge is 0.305 e. The van der Waals surface area contributed by atoms with Gasteiger partial charge in [0.2, 0.25) is 0 Å². The van der Waals surface area contributed by atoms with E-state index in [9.17, 15) is 9.36 Å². The van der Waals surface area contributed by atoms with Gasteiger partial charge in [-0.2, -0.15) is 0 Å². The summed E-state index contributed by atoms with van der Waals surface area (Å²) >= 11 is 0. The van der Waals surface area contributed by atoms with Gasteiger partial charge in [0.1, 0.15) is 7.14 Å². The van der Waals surface area contributed by atoms with E-state index >= 15 is 0 Å². The van der Waals surface area contributed by atoms with Crippen LogP contribution in [-0.4, -0.2) is 18.7 Å². The first kappa shape index (κ1) is 16.5. The van der Waals surface area contributed by atoms with E-state index in [4.69, 9.17) is 4.74 Å². The van der Waals surface area contributed by atoms with Gasteiger partial charge in [0.25, 0.3) is 0 Å². The van der Waals surface area contributed by atoms with Crippen LogP contribution >= 0.6 is 7.14 Å². The first-order valence-corrected chi connectivity index (χ1v) is 9.42. The van der Waals surface area contributed by atoms with Gasteiger partial charge in [-0.3, -0.25) is 4.79 Å². The van der Waals surface area contributed by atoms with E-state index in [1.54, 1.807) is 0 Å². The predicted molar refractivity (Wildman–Crippen MR) is 90.5 cm³/mol. The molecule has 2 aromatic carbocycles. The van der Waals surface area contributed by atoms with Crippen molar-refractivity contribution in [3.8, 4) is 0 Å². The molecular formula is C18H21O3P. The minimum absolute atomic E-state index is 0.180. The van der Waals surface area contributed by atoms with Crippen molar-refractivity contribution in [2.45, 2.75) is 19.8 Å². The summed E-state index contributed by atoms with van der Waals surface area (Å²) in [5.74, 6) is -0.227. The van der Waals surface area contributed by atoms with Gasteiger partial charge < -0.3 is 9.30 Å². The zero-order valence-corrected chi connectivity index (χ0v) is 13.7. The van der Waals surface area contributed by atoms with Crippen LogP contribution in [0.3, 0.4) is 0 Å². The van der Waals surface area contributed by atoms with Crippen molar-refractivity contribution in [3.05, 3.63) is 60.7 Å². The van der Waals surface area contributed by atoms with Crippen molar-refractivity contribution < 1.29 is 14.1 Å². The largest absolute Gasteiger partial charge is 0.465 e. The number of benzene rings is 2. The first-order chi connectivity index (χ1) is 10.7. The molecule has 0 heterocycles. The third-order valence-electron chi connectivity index (χ3n) is 3.47. The van der Waals surface area contributed by atoms with Crippen LogP contribution in [0.2, 0.25) is 0 Å². The molecule has 0 aliphatic heterocycles. The minimum Gasteiger partial charge on any atom is -0.465 e. The monoisotopic (exact) mass is 316 g/mol. The highest BCUT2D eigenvalue weighted by Gasteiger charge is 2.27. The standard InChI is InChI=1S/C18H21O3P/c1-2-9-18(19)21-14-15-22(20,16-10-5-3-6-11-16)17-12-7-4-8-13-17/h3-8,10-13H,2,9,14-15H2,1H3. The molecule has 0 atom stereocenters. The lowest BCUT2D eigenvalue weighted by molar-refractivity contribution is -0.143. The van der Waals surface area contributed by atoms with Gasteiger partial charge in [-0.15, -0.1) is 0 Å². The van der Waals surface area contributed by atoms with Gasteiger partial charge in [0.05, 0.1) is 6.61 Å². The van der Waals surface area contributed by atoms with E-state index in [0.717, 1.165) is 17.0 Å². The predicted octanol–water partition coefficient (Wildman–Crippen LogP) is 3.34. The Bertz CT molecular complexity index is 594. The number of hydrogen-bond donors (Lipinski definition) is 0. The molecule has 0 N–H and O–H groups in total.